The molecule has 2 saturated carbocycles. The molecule has 0 bridgehead atoms. The van der Waals surface area contributed by atoms with Crippen LogP contribution in [-0.2, 0) is 0 Å². The fourth-order valence-electron chi connectivity index (χ4n) is 4.08. The van der Waals surface area contributed by atoms with Gasteiger partial charge in [-0.3, -0.25) is 0 Å². The molecule has 20 heavy (non-hydrogen) atoms. The van der Waals surface area contributed by atoms with Gasteiger partial charge in [0.25, 0.3) is 0 Å². The first kappa shape index (κ1) is 14.1. The second-order valence-electron chi connectivity index (χ2n) is 7.58. The molecule has 0 aliphatic heterocycles. The molecule has 2 atom stereocenters. The molecular weight excluding hydrogens is 244 g/mol. The molecule has 0 radical (unpaired) electrons. The third-order valence-electron chi connectivity index (χ3n) is 5.80. The minimum absolute atomic E-state index is 0.268. The topological polar surface area (TPSA) is 20.2 Å². The normalized spacial score (nSPS) is 27.9. The van der Waals surface area contributed by atoms with E-state index in [1.807, 2.05) is 0 Å². The van der Waals surface area contributed by atoms with Crippen LogP contribution in [0.25, 0.3) is 0 Å². The Morgan fingerprint density at radius 2 is 1.90 bits per heavy atom. The van der Waals surface area contributed by atoms with Crippen molar-refractivity contribution in [2.45, 2.75) is 70.8 Å². The highest BCUT2D eigenvalue weighted by atomic mass is 16.3. The van der Waals surface area contributed by atoms with Gasteiger partial charge in [0.2, 0.25) is 0 Å². The molecule has 1 aromatic carbocycles. The van der Waals surface area contributed by atoms with Crippen LogP contribution >= 0.6 is 0 Å². The highest BCUT2D eigenvalue weighted by molar-refractivity contribution is 5.29. The smallest absolute Gasteiger partial charge is 0.0823 e. The summed E-state index contributed by atoms with van der Waals surface area (Å²) in [6.07, 6.45) is 8.74. The van der Waals surface area contributed by atoms with Crippen LogP contribution in [-0.4, -0.2) is 5.11 Å². The first-order valence-electron chi connectivity index (χ1n) is 8.36. The Kier molecular flexibility index (Phi) is 3.90. The fourth-order valence-corrected chi connectivity index (χ4v) is 4.08. The zero-order valence-corrected chi connectivity index (χ0v) is 12.9. The van der Waals surface area contributed by atoms with Crippen molar-refractivity contribution < 1.29 is 5.11 Å². The summed E-state index contributed by atoms with van der Waals surface area (Å²) >= 11 is 0. The Bertz CT molecular complexity index is 459. The molecule has 110 valence electrons. The maximum absolute atomic E-state index is 10.9. The van der Waals surface area contributed by atoms with Gasteiger partial charge in [0, 0.05) is 0 Å². The Balaban J connectivity index is 1.80. The van der Waals surface area contributed by atoms with E-state index in [1.54, 1.807) is 0 Å². The SMILES string of the molecule is CC1(C)CCCCC1C(O)c1cccc(C2CCC2)c1. The van der Waals surface area contributed by atoms with Crippen molar-refractivity contribution in [2.75, 3.05) is 0 Å². The van der Waals surface area contributed by atoms with Gasteiger partial charge in [-0.25, -0.2) is 0 Å². The predicted molar refractivity (Wildman–Crippen MR) is 83.7 cm³/mol. The molecule has 0 saturated heterocycles. The zero-order valence-electron chi connectivity index (χ0n) is 12.9. The molecule has 1 heteroatoms. The van der Waals surface area contributed by atoms with Crippen LogP contribution in [0.3, 0.4) is 0 Å². The molecule has 0 spiro atoms. The molecular formula is C19H28O. The van der Waals surface area contributed by atoms with Crippen molar-refractivity contribution in [3.63, 3.8) is 0 Å². The van der Waals surface area contributed by atoms with E-state index in [0.29, 0.717) is 5.92 Å². The summed E-state index contributed by atoms with van der Waals surface area (Å²) in [7, 11) is 0. The van der Waals surface area contributed by atoms with E-state index in [4.69, 9.17) is 0 Å². The van der Waals surface area contributed by atoms with E-state index >= 15 is 0 Å². The predicted octanol–water partition coefficient (Wildman–Crippen LogP) is 5.20. The molecule has 2 unspecified atom stereocenters. The van der Waals surface area contributed by atoms with E-state index in [9.17, 15) is 5.11 Å². The molecule has 2 aliphatic carbocycles. The monoisotopic (exact) mass is 272 g/mol. The van der Waals surface area contributed by atoms with E-state index in [-0.39, 0.29) is 11.5 Å². The molecule has 0 amide bonds. The van der Waals surface area contributed by atoms with Crippen molar-refractivity contribution in [3.05, 3.63) is 35.4 Å². The van der Waals surface area contributed by atoms with E-state index in [0.717, 1.165) is 11.5 Å². The van der Waals surface area contributed by atoms with Crippen molar-refractivity contribution in [3.8, 4) is 0 Å². The van der Waals surface area contributed by atoms with Gasteiger partial charge >= 0.3 is 0 Å². The lowest BCUT2D eigenvalue weighted by atomic mass is 9.65. The first-order valence-corrected chi connectivity index (χ1v) is 8.36. The van der Waals surface area contributed by atoms with Crippen LogP contribution in [0.5, 0.6) is 0 Å². The quantitative estimate of drug-likeness (QED) is 0.801. The van der Waals surface area contributed by atoms with Gasteiger partial charge in [-0.1, -0.05) is 57.4 Å². The number of benzene rings is 1. The maximum atomic E-state index is 10.9. The van der Waals surface area contributed by atoms with Crippen molar-refractivity contribution in [2.24, 2.45) is 11.3 Å². The first-order chi connectivity index (χ1) is 9.58. The van der Waals surface area contributed by atoms with Crippen LogP contribution < -0.4 is 0 Å². The van der Waals surface area contributed by atoms with Crippen LogP contribution in [0, 0.1) is 11.3 Å². The lowest BCUT2D eigenvalue weighted by molar-refractivity contribution is 0.00379. The van der Waals surface area contributed by atoms with Gasteiger partial charge < -0.3 is 5.11 Å². The molecule has 1 nitrogen and oxygen atoms in total. The van der Waals surface area contributed by atoms with Gasteiger partial charge in [0.05, 0.1) is 6.10 Å². The minimum atomic E-state index is -0.287. The summed E-state index contributed by atoms with van der Waals surface area (Å²) < 4.78 is 0. The lowest BCUT2D eigenvalue weighted by Crippen LogP contribution is -2.32. The van der Waals surface area contributed by atoms with Crippen molar-refractivity contribution >= 4 is 0 Å². The van der Waals surface area contributed by atoms with Crippen molar-refractivity contribution in [1.29, 1.82) is 0 Å². The van der Waals surface area contributed by atoms with Gasteiger partial charge in [-0.2, -0.15) is 0 Å². The minimum Gasteiger partial charge on any atom is -0.388 e. The zero-order chi connectivity index (χ0) is 14.2. The second kappa shape index (κ2) is 5.52. The Hall–Kier alpha value is -0.820. The summed E-state index contributed by atoms with van der Waals surface area (Å²) in [4.78, 5) is 0. The third-order valence-corrected chi connectivity index (χ3v) is 5.80. The molecule has 1 aromatic rings. The summed E-state index contributed by atoms with van der Waals surface area (Å²) in [5.41, 5.74) is 2.86. The van der Waals surface area contributed by atoms with Crippen LogP contribution in [0.2, 0.25) is 0 Å². The number of hydrogen-bond donors (Lipinski definition) is 1. The van der Waals surface area contributed by atoms with Gasteiger partial charge in [-0.15, -0.1) is 0 Å². The second-order valence-corrected chi connectivity index (χ2v) is 7.58. The fraction of sp³-hybridized carbons (Fsp3) is 0.684. The Morgan fingerprint density at radius 3 is 2.55 bits per heavy atom. The van der Waals surface area contributed by atoms with Gasteiger partial charge in [0.1, 0.15) is 0 Å². The van der Waals surface area contributed by atoms with E-state index in [1.165, 1.54) is 50.5 Å². The average molecular weight is 272 g/mol. The summed E-state index contributed by atoms with van der Waals surface area (Å²) in [6, 6.07) is 8.78. The Labute approximate surface area is 123 Å². The highest BCUT2D eigenvalue weighted by Crippen LogP contribution is 2.47. The van der Waals surface area contributed by atoms with Crippen LogP contribution in [0.4, 0.5) is 0 Å². The van der Waals surface area contributed by atoms with Crippen LogP contribution in [0.1, 0.15) is 81.9 Å². The number of hydrogen-bond acceptors (Lipinski definition) is 1. The van der Waals surface area contributed by atoms with Crippen molar-refractivity contribution in [1.82, 2.24) is 0 Å². The average Bonchev–Trinajstić information content (AvgIpc) is 2.36. The number of aliphatic hydroxyl groups excluding tert-OH is 1. The molecule has 2 aliphatic rings. The van der Waals surface area contributed by atoms with Crippen LogP contribution in [0.15, 0.2) is 24.3 Å². The maximum Gasteiger partial charge on any atom is 0.0823 e. The van der Waals surface area contributed by atoms with E-state index in [2.05, 4.69) is 38.1 Å². The van der Waals surface area contributed by atoms with Gasteiger partial charge in [-0.05, 0) is 54.1 Å². The molecule has 0 heterocycles. The Morgan fingerprint density at radius 1 is 1.10 bits per heavy atom. The van der Waals surface area contributed by atoms with E-state index < -0.39 is 0 Å². The molecule has 3 rings (SSSR count). The lowest BCUT2D eigenvalue weighted by Gasteiger charge is -2.41. The standard InChI is InChI=1S/C19H28O/c1-19(2)12-4-3-11-17(19)18(20)16-10-6-9-15(13-16)14-7-5-8-14/h6,9-10,13-14,17-18,20H,3-5,7-8,11-12H2,1-2H3. The third kappa shape index (κ3) is 2.65. The van der Waals surface area contributed by atoms with Gasteiger partial charge in [0.15, 0.2) is 0 Å². The molecule has 1 N–H and O–H groups in total. The number of rotatable bonds is 3. The number of aliphatic hydroxyl groups is 1. The largest absolute Gasteiger partial charge is 0.388 e. The summed E-state index contributed by atoms with van der Waals surface area (Å²) in [6.45, 7) is 4.66. The summed E-state index contributed by atoms with van der Waals surface area (Å²) in [5, 5.41) is 10.9. The summed E-state index contributed by atoms with van der Waals surface area (Å²) in [5.74, 6) is 1.16. The molecule has 0 aromatic heterocycles. The highest BCUT2D eigenvalue weighted by Gasteiger charge is 2.37. The molecule has 2 fully saturated rings.